The summed E-state index contributed by atoms with van der Waals surface area (Å²) in [6, 6.07) is 0.811. The maximum atomic E-state index is 6.16. The second-order valence-electron chi connectivity index (χ2n) is 4.31. The Hall–Kier alpha value is -0.120. The van der Waals surface area contributed by atoms with Crippen molar-refractivity contribution in [3.63, 3.8) is 0 Å². The zero-order chi connectivity index (χ0) is 8.60. The molecule has 0 spiro atoms. The molecular weight excluding hydrogens is 152 g/mol. The van der Waals surface area contributed by atoms with Crippen LogP contribution < -0.4 is 5.73 Å². The molecule has 0 bridgehead atoms. The highest BCUT2D eigenvalue weighted by atomic mass is 16.5. The van der Waals surface area contributed by atoms with Gasteiger partial charge in [0.05, 0.1) is 12.1 Å². The molecule has 70 valence electrons. The average Bonchev–Trinajstić information content (AvgIpc) is 2.77. The number of rotatable bonds is 3. The standard InChI is InChI=1S/C9H18N2O/c1-11(8-2-3-8)6-9(10)4-5-12-7-9/h8H,2-7,10H2,1H3. The molecule has 1 atom stereocenters. The molecule has 2 fully saturated rings. The Labute approximate surface area is 73.9 Å². The van der Waals surface area contributed by atoms with Gasteiger partial charge >= 0.3 is 0 Å². The summed E-state index contributed by atoms with van der Waals surface area (Å²) >= 11 is 0. The van der Waals surface area contributed by atoms with E-state index in [1.54, 1.807) is 0 Å². The monoisotopic (exact) mass is 170 g/mol. The van der Waals surface area contributed by atoms with E-state index in [1.165, 1.54) is 12.8 Å². The second-order valence-corrected chi connectivity index (χ2v) is 4.31. The molecule has 2 N–H and O–H groups in total. The third-order valence-electron chi connectivity index (χ3n) is 2.87. The number of nitrogens with zero attached hydrogens (tertiary/aromatic N) is 1. The van der Waals surface area contributed by atoms with Crippen molar-refractivity contribution in [1.82, 2.24) is 4.90 Å². The van der Waals surface area contributed by atoms with Gasteiger partial charge in [-0.1, -0.05) is 0 Å². The molecule has 1 heterocycles. The number of hydrogen-bond donors (Lipinski definition) is 1. The summed E-state index contributed by atoms with van der Waals surface area (Å²) in [6.45, 7) is 2.58. The lowest BCUT2D eigenvalue weighted by Crippen LogP contribution is -2.50. The Balaban J connectivity index is 1.83. The minimum absolute atomic E-state index is 0.0582. The summed E-state index contributed by atoms with van der Waals surface area (Å²) in [7, 11) is 2.17. The first-order chi connectivity index (χ1) is 5.70. The van der Waals surface area contributed by atoms with E-state index in [0.29, 0.717) is 0 Å². The quantitative estimate of drug-likeness (QED) is 0.657. The van der Waals surface area contributed by atoms with Crippen molar-refractivity contribution in [1.29, 1.82) is 0 Å². The maximum Gasteiger partial charge on any atom is 0.0659 e. The molecule has 2 rings (SSSR count). The Kier molecular flexibility index (Phi) is 2.10. The van der Waals surface area contributed by atoms with E-state index in [9.17, 15) is 0 Å². The van der Waals surface area contributed by atoms with Gasteiger partial charge in [-0.05, 0) is 26.3 Å². The molecule has 0 amide bonds. The predicted molar refractivity (Wildman–Crippen MR) is 48.0 cm³/mol. The van der Waals surface area contributed by atoms with Crippen LogP contribution >= 0.6 is 0 Å². The summed E-state index contributed by atoms with van der Waals surface area (Å²) < 4.78 is 5.31. The van der Waals surface area contributed by atoms with Crippen molar-refractivity contribution in [3.05, 3.63) is 0 Å². The van der Waals surface area contributed by atoms with Crippen LogP contribution in [0.25, 0.3) is 0 Å². The largest absolute Gasteiger partial charge is 0.379 e. The van der Waals surface area contributed by atoms with E-state index in [0.717, 1.165) is 32.2 Å². The minimum Gasteiger partial charge on any atom is -0.379 e. The lowest BCUT2D eigenvalue weighted by Gasteiger charge is -2.28. The van der Waals surface area contributed by atoms with Crippen LogP contribution in [0.2, 0.25) is 0 Å². The number of ether oxygens (including phenoxy) is 1. The van der Waals surface area contributed by atoms with Gasteiger partial charge in [0.2, 0.25) is 0 Å². The van der Waals surface area contributed by atoms with E-state index in [1.807, 2.05) is 0 Å². The summed E-state index contributed by atoms with van der Waals surface area (Å²) in [5, 5.41) is 0. The zero-order valence-corrected chi connectivity index (χ0v) is 7.75. The van der Waals surface area contributed by atoms with Crippen LogP contribution in [0.3, 0.4) is 0 Å². The molecule has 1 unspecified atom stereocenters. The van der Waals surface area contributed by atoms with Gasteiger partial charge in [0, 0.05) is 19.2 Å². The van der Waals surface area contributed by atoms with Crippen molar-refractivity contribution in [2.45, 2.75) is 30.8 Å². The molecule has 12 heavy (non-hydrogen) atoms. The highest BCUT2D eigenvalue weighted by Gasteiger charge is 2.35. The number of likely N-dealkylation sites (N-methyl/N-ethyl adjacent to an activating group) is 1. The van der Waals surface area contributed by atoms with Crippen LogP contribution in [0.4, 0.5) is 0 Å². The van der Waals surface area contributed by atoms with E-state index >= 15 is 0 Å². The zero-order valence-electron chi connectivity index (χ0n) is 7.75. The van der Waals surface area contributed by atoms with Gasteiger partial charge in [-0.3, -0.25) is 0 Å². The van der Waals surface area contributed by atoms with E-state index in [-0.39, 0.29) is 5.54 Å². The van der Waals surface area contributed by atoms with Crippen LogP contribution in [0.1, 0.15) is 19.3 Å². The van der Waals surface area contributed by atoms with Crippen molar-refractivity contribution in [2.24, 2.45) is 5.73 Å². The molecule has 0 radical (unpaired) electrons. The van der Waals surface area contributed by atoms with Crippen LogP contribution in [0.5, 0.6) is 0 Å². The maximum absolute atomic E-state index is 6.16. The first kappa shape index (κ1) is 8.48. The smallest absolute Gasteiger partial charge is 0.0659 e. The molecule has 1 aliphatic heterocycles. The molecule has 2 aliphatic rings. The fraction of sp³-hybridized carbons (Fsp3) is 1.00. The van der Waals surface area contributed by atoms with Crippen molar-refractivity contribution >= 4 is 0 Å². The predicted octanol–water partition coefficient (Wildman–Crippen LogP) is 0.198. The van der Waals surface area contributed by atoms with Crippen molar-refractivity contribution in [3.8, 4) is 0 Å². The molecular formula is C9H18N2O. The fourth-order valence-electron chi connectivity index (χ4n) is 1.89. The van der Waals surface area contributed by atoms with Gasteiger partial charge < -0.3 is 15.4 Å². The van der Waals surface area contributed by atoms with Crippen LogP contribution in [-0.2, 0) is 4.74 Å². The summed E-state index contributed by atoms with van der Waals surface area (Å²) in [6.07, 6.45) is 3.73. The lowest BCUT2D eigenvalue weighted by atomic mass is 10.00. The molecule has 1 aliphatic carbocycles. The topological polar surface area (TPSA) is 38.5 Å². The third-order valence-corrected chi connectivity index (χ3v) is 2.87. The second kappa shape index (κ2) is 2.98. The van der Waals surface area contributed by atoms with Gasteiger partial charge in [-0.15, -0.1) is 0 Å². The van der Waals surface area contributed by atoms with Crippen LogP contribution in [0.15, 0.2) is 0 Å². The Morgan fingerprint density at radius 3 is 2.83 bits per heavy atom. The molecule has 0 aromatic rings. The number of nitrogens with two attached hydrogens (primary N) is 1. The van der Waals surface area contributed by atoms with Crippen LogP contribution in [0, 0.1) is 0 Å². The lowest BCUT2D eigenvalue weighted by molar-refractivity contribution is 0.159. The third kappa shape index (κ3) is 1.79. The van der Waals surface area contributed by atoms with Crippen molar-refractivity contribution in [2.75, 3.05) is 26.8 Å². The molecule has 3 nitrogen and oxygen atoms in total. The SMILES string of the molecule is CN(CC1(N)CCOC1)C1CC1. The molecule has 3 heteroatoms. The highest BCUT2D eigenvalue weighted by molar-refractivity contribution is 4.94. The Morgan fingerprint density at radius 1 is 1.58 bits per heavy atom. The van der Waals surface area contributed by atoms with Gasteiger partial charge in [0.15, 0.2) is 0 Å². The van der Waals surface area contributed by atoms with Gasteiger partial charge in [0.25, 0.3) is 0 Å². The Morgan fingerprint density at radius 2 is 2.33 bits per heavy atom. The molecule has 1 saturated heterocycles. The van der Waals surface area contributed by atoms with Gasteiger partial charge in [-0.25, -0.2) is 0 Å². The normalized spacial score (nSPS) is 36.2. The van der Waals surface area contributed by atoms with Gasteiger partial charge in [0.1, 0.15) is 0 Å². The van der Waals surface area contributed by atoms with Crippen LogP contribution in [-0.4, -0.2) is 43.3 Å². The highest BCUT2D eigenvalue weighted by Crippen LogP contribution is 2.27. The van der Waals surface area contributed by atoms with E-state index in [4.69, 9.17) is 10.5 Å². The Bertz CT molecular complexity index is 162. The van der Waals surface area contributed by atoms with E-state index in [2.05, 4.69) is 11.9 Å². The minimum atomic E-state index is -0.0582. The van der Waals surface area contributed by atoms with E-state index < -0.39 is 0 Å². The molecule has 1 saturated carbocycles. The first-order valence-electron chi connectivity index (χ1n) is 4.76. The summed E-state index contributed by atoms with van der Waals surface area (Å²) in [5.41, 5.74) is 6.10. The fourth-order valence-corrected chi connectivity index (χ4v) is 1.89. The average molecular weight is 170 g/mol. The summed E-state index contributed by atoms with van der Waals surface area (Å²) in [5.74, 6) is 0. The summed E-state index contributed by atoms with van der Waals surface area (Å²) in [4.78, 5) is 2.38. The number of hydrogen-bond acceptors (Lipinski definition) is 3. The first-order valence-corrected chi connectivity index (χ1v) is 4.76. The molecule has 0 aromatic heterocycles. The van der Waals surface area contributed by atoms with Gasteiger partial charge in [-0.2, -0.15) is 0 Å². The molecule has 0 aromatic carbocycles. The van der Waals surface area contributed by atoms with Crippen molar-refractivity contribution < 1.29 is 4.74 Å².